The highest BCUT2D eigenvalue weighted by atomic mass is 16.5. The number of nitrogens with two attached hydrogens (primary N) is 1. The van der Waals surface area contributed by atoms with Crippen molar-refractivity contribution in [2.45, 2.75) is 6.42 Å². The van der Waals surface area contributed by atoms with Crippen LogP contribution in [-0.4, -0.2) is 13.2 Å². The van der Waals surface area contributed by atoms with Gasteiger partial charge in [-0.05, 0) is 17.7 Å². The highest BCUT2D eigenvalue weighted by Crippen LogP contribution is 2.11. The SMILES string of the molecule is N#CCc1ccc(OCCN)cc1. The van der Waals surface area contributed by atoms with Crippen LogP contribution in [0.25, 0.3) is 0 Å². The van der Waals surface area contributed by atoms with Crippen molar-refractivity contribution in [1.29, 1.82) is 5.26 Å². The molecule has 1 rings (SSSR count). The molecule has 0 amide bonds. The van der Waals surface area contributed by atoms with Crippen molar-refractivity contribution in [3.63, 3.8) is 0 Å². The Balaban J connectivity index is 2.55. The lowest BCUT2D eigenvalue weighted by atomic mass is 10.2. The largest absolute Gasteiger partial charge is 0.492 e. The Morgan fingerprint density at radius 3 is 2.54 bits per heavy atom. The van der Waals surface area contributed by atoms with Crippen molar-refractivity contribution >= 4 is 0 Å². The summed E-state index contributed by atoms with van der Waals surface area (Å²) >= 11 is 0. The van der Waals surface area contributed by atoms with Crippen molar-refractivity contribution in [2.75, 3.05) is 13.2 Å². The first kappa shape index (κ1) is 9.56. The molecule has 0 aliphatic heterocycles. The van der Waals surface area contributed by atoms with Gasteiger partial charge in [0, 0.05) is 6.54 Å². The average molecular weight is 176 g/mol. The molecule has 3 nitrogen and oxygen atoms in total. The van der Waals surface area contributed by atoms with E-state index in [1.165, 1.54) is 0 Å². The van der Waals surface area contributed by atoms with Crippen LogP contribution in [0.15, 0.2) is 24.3 Å². The normalized spacial score (nSPS) is 9.23. The molecule has 0 aliphatic rings. The van der Waals surface area contributed by atoms with Crippen LogP contribution in [0.2, 0.25) is 0 Å². The molecule has 0 unspecified atom stereocenters. The van der Waals surface area contributed by atoms with Crippen molar-refractivity contribution in [1.82, 2.24) is 0 Å². The Bertz CT molecular complexity index is 287. The van der Waals surface area contributed by atoms with Crippen LogP contribution in [-0.2, 0) is 6.42 Å². The fraction of sp³-hybridized carbons (Fsp3) is 0.300. The summed E-state index contributed by atoms with van der Waals surface area (Å²) in [6, 6.07) is 9.55. The molecule has 0 atom stereocenters. The number of rotatable bonds is 4. The van der Waals surface area contributed by atoms with Crippen molar-refractivity contribution < 1.29 is 4.74 Å². The molecule has 1 aromatic carbocycles. The average Bonchev–Trinajstić information content (AvgIpc) is 2.17. The Hall–Kier alpha value is -1.53. The highest BCUT2D eigenvalue weighted by molar-refractivity contribution is 5.28. The van der Waals surface area contributed by atoms with E-state index in [1.807, 2.05) is 24.3 Å². The molecule has 0 spiro atoms. The summed E-state index contributed by atoms with van der Waals surface area (Å²) in [7, 11) is 0. The van der Waals surface area contributed by atoms with Gasteiger partial charge in [0.2, 0.25) is 0 Å². The molecule has 0 radical (unpaired) electrons. The molecule has 0 bridgehead atoms. The van der Waals surface area contributed by atoms with E-state index in [4.69, 9.17) is 15.7 Å². The van der Waals surface area contributed by atoms with Gasteiger partial charge in [-0.25, -0.2) is 0 Å². The van der Waals surface area contributed by atoms with Crippen LogP contribution in [0, 0.1) is 11.3 Å². The minimum atomic E-state index is 0.442. The lowest BCUT2D eigenvalue weighted by Gasteiger charge is -2.03. The maximum Gasteiger partial charge on any atom is 0.119 e. The molecule has 0 saturated carbocycles. The van der Waals surface area contributed by atoms with Gasteiger partial charge in [-0.1, -0.05) is 12.1 Å². The summed E-state index contributed by atoms with van der Waals surface area (Å²) in [5.41, 5.74) is 6.29. The van der Waals surface area contributed by atoms with E-state index in [1.54, 1.807) is 0 Å². The Kier molecular flexibility index (Phi) is 3.80. The van der Waals surface area contributed by atoms with Gasteiger partial charge in [-0.15, -0.1) is 0 Å². The molecule has 3 heteroatoms. The summed E-state index contributed by atoms with van der Waals surface area (Å²) in [5, 5.41) is 8.43. The summed E-state index contributed by atoms with van der Waals surface area (Å²) in [6.45, 7) is 1.04. The number of ether oxygens (including phenoxy) is 1. The lowest BCUT2D eigenvalue weighted by molar-refractivity contribution is 0.328. The minimum absolute atomic E-state index is 0.442. The monoisotopic (exact) mass is 176 g/mol. The quantitative estimate of drug-likeness (QED) is 0.747. The minimum Gasteiger partial charge on any atom is -0.492 e. The van der Waals surface area contributed by atoms with Gasteiger partial charge in [-0.2, -0.15) is 5.26 Å². The molecule has 0 fully saturated rings. The van der Waals surface area contributed by atoms with Crippen molar-refractivity contribution in [3.8, 4) is 11.8 Å². The predicted molar refractivity (Wildman–Crippen MR) is 50.3 cm³/mol. The molecular weight excluding hydrogens is 164 g/mol. The van der Waals surface area contributed by atoms with Crippen LogP contribution in [0.1, 0.15) is 5.56 Å². The summed E-state index contributed by atoms with van der Waals surface area (Å²) in [6.07, 6.45) is 0.442. The maximum atomic E-state index is 8.43. The number of nitriles is 1. The summed E-state index contributed by atoms with van der Waals surface area (Å²) in [4.78, 5) is 0. The second-order valence-electron chi connectivity index (χ2n) is 2.62. The van der Waals surface area contributed by atoms with Gasteiger partial charge in [0.15, 0.2) is 0 Å². The fourth-order valence-corrected chi connectivity index (χ4v) is 0.972. The molecule has 13 heavy (non-hydrogen) atoms. The lowest BCUT2D eigenvalue weighted by Crippen LogP contribution is -2.10. The predicted octanol–water partition coefficient (Wildman–Crippen LogP) is 1.09. The highest BCUT2D eigenvalue weighted by Gasteiger charge is 1.93. The molecule has 2 N–H and O–H groups in total. The van der Waals surface area contributed by atoms with Crippen LogP contribution in [0.4, 0.5) is 0 Å². The molecule has 0 saturated heterocycles. The zero-order chi connectivity index (χ0) is 9.52. The van der Waals surface area contributed by atoms with Gasteiger partial charge in [0.05, 0.1) is 12.5 Å². The van der Waals surface area contributed by atoms with E-state index in [0.717, 1.165) is 11.3 Å². The fourth-order valence-electron chi connectivity index (χ4n) is 0.972. The molecule has 68 valence electrons. The van der Waals surface area contributed by atoms with Gasteiger partial charge < -0.3 is 10.5 Å². The second-order valence-corrected chi connectivity index (χ2v) is 2.62. The van der Waals surface area contributed by atoms with Crippen LogP contribution < -0.4 is 10.5 Å². The van der Waals surface area contributed by atoms with Crippen LogP contribution >= 0.6 is 0 Å². The number of benzene rings is 1. The van der Waals surface area contributed by atoms with E-state index in [2.05, 4.69) is 6.07 Å². The van der Waals surface area contributed by atoms with E-state index in [9.17, 15) is 0 Å². The van der Waals surface area contributed by atoms with Crippen LogP contribution in [0.3, 0.4) is 0 Å². The zero-order valence-electron chi connectivity index (χ0n) is 7.36. The smallest absolute Gasteiger partial charge is 0.119 e. The van der Waals surface area contributed by atoms with Crippen molar-refractivity contribution in [3.05, 3.63) is 29.8 Å². The van der Waals surface area contributed by atoms with Crippen LogP contribution in [0.5, 0.6) is 5.75 Å². The third-order valence-corrected chi connectivity index (χ3v) is 1.59. The zero-order valence-corrected chi connectivity index (χ0v) is 7.36. The number of hydrogen-bond acceptors (Lipinski definition) is 3. The first-order valence-electron chi connectivity index (χ1n) is 4.15. The second kappa shape index (κ2) is 5.18. The third-order valence-electron chi connectivity index (χ3n) is 1.59. The van der Waals surface area contributed by atoms with Gasteiger partial charge in [0.1, 0.15) is 12.4 Å². The number of hydrogen-bond donors (Lipinski definition) is 1. The molecule has 0 aromatic heterocycles. The Morgan fingerprint density at radius 1 is 1.31 bits per heavy atom. The summed E-state index contributed by atoms with van der Waals surface area (Å²) in [5.74, 6) is 0.798. The van der Waals surface area contributed by atoms with E-state index in [-0.39, 0.29) is 0 Å². The van der Waals surface area contributed by atoms with E-state index < -0.39 is 0 Å². The first-order chi connectivity index (χ1) is 6.36. The topological polar surface area (TPSA) is 59.0 Å². The van der Waals surface area contributed by atoms with Gasteiger partial charge in [0.25, 0.3) is 0 Å². The van der Waals surface area contributed by atoms with E-state index in [0.29, 0.717) is 19.6 Å². The van der Waals surface area contributed by atoms with Gasteiger partial charge in [-0.3, -0.25) is 0 Å². The van der Waals surface area contributed by atoms with Crippen molar-refractivity contribution in [2.24, 2.45) is 5.73 Å². The summed E-state index contributed by atoms with van der Waals surface area (Å²) < 4.78 is 5.28. The first-order valence-corrected chi connectivity index (χ1v) is 4.15. The van der Waals surface area contributed by atoms with E-state index >= 15 is 0 Å². The molecular formula is C10H12N2O. The molecule has 1 aromatic rings. The Morgan fingerprint density at radius 2 is 2.00 bits per heavy atom. The molecule has 0 aliphatic carbocycles. The van der Waals surface area contributed by atoms with Gasteiger partial charge >= 0.3 is 0 Å². The number of nitrogens with zero attached hydrogens (tertiary/aromatic N) is 1. The standard InChI is InChI=1S/C10H12N2O/c11-6-5-9-1-3-10(4-2-9)13-8-7-12/h1-4H,5,7-8,12H2. The maximum absolute atomic E-state index is 8.43. The molecule has 0 heterocycles. The Labute approximate surface area is 77.7 Å². The third kappa shape index (κ3) is 3.14.